The maximum absolute atomic E-state index is 12.5. The molecule has 29 heavy (non-hydrogen) atoms. The molecule has 0 atom stereocenters. The molecule has 3 rings (SSSR count). The van der Waals surface area contributed by atoms with Crippen molar-refractivity contribution in [2.45, 2.75) is 6.54 Å². The number of ketones is 1. The van der Waals surface area contributed by atoms with Crippen LogP contribution >= 0.6 is 15.9 Å². The van der Waals surface area contributed by atoms with Crippen LogP contribution in [0.5, 0.6) is 11.5 Å². The standard InChI is InChI=1S/C19H16BrN3O6/c1-27-13-6-8-18(28-2)15(9-13)17(24)7-5-12-3-4-14(29-12)10-22-11-16(20)19(21-22)23(25)26/h3-9,11H,10H2,1-2H3/b7-5+. The van der Waals surface area contributed by atoms with Crippen LogP contribution in [0.15, 0.2) is 51.5 Å². The zero-order chi connectivity index (χ0) is 21.0. The van der Waals surface area contributed by atoms with Crippen molar-refractivity contribution in [2.24, 2.45) is 0 Å². The molecule has 0 spiro atoms. The first kappa shape index (κ1) is 20.3. The first-order valence-electron chi connectivity index (χ1n) is 8.31. The van der Waals surface area contributed by atoms with Gasteiger partial charge in [-0.3, -0.25) is 4.79 Å². The number of halogens is 1. The van der Waals surface area contributed by atoms with Gasteiger partial charge in [0.25, 0.3) is 0 Å². The highest BCUT2D eigenvalue weighted by atomic mass is 79.9. The first-order chi connectivity index (χ1) is 13.9. The predicted octanol–water partition coefficient (Wildman–Crippen LogP) is 4.11. The number of nitrogens with zero attached hydrogens (tertiary/aromatic N) is 3. The Kier molecular flexibility index (Phi) is 6.13. The Balaban J connectivity index is 1.73. The number of nitro groups is 1. The quantitative estimate of drug-likeness (QED) is 0.215. The molecule has 9 nitrogen and oxygen atoms in total. The molecule has 0 fully saturated rings. The lowest BCUT2D eigenvalue weighted by atomic mass is 10.1. The number of carbonyl (C=O) groups excluding carboxylic acids is 1. The van der Waals surface area contributed by atoms with E-state index in [4.69, 9.17) is 13.9 Å². The number of rotatable bonds is 8. The molecule has 0 N–H and O–H groups in total. The van der Waals surface area contributed by atoms with Gasteiger partial charge in [-0.2, -0.15) is 4.68 Å². The number of methoxy groups -OCH3 is 2. The summed E-state index contributed by atoms with van der Waals surface area (Å²) in [5, 5.41) is 14.7. The molecule has 0 unspecified atom stereocenters. The fourth-order valence-corrected chi connectivity index (χ4v) is 3.03. The SMILES string of the molecule is COc1ccc(OC)c(C(=O)/C=C/c2ccc(Cn3cc(Br)c([N+](=O)[O-])n3)o2)c1. The summed E-state index contributed by atoms with van der Waals surface area (Å²) in [6.45, 7) is 0.206. The fraction of sp³-hybridized carbons (Fsp3) is 0.158. The van der Waals surface area contributed by atoms with Crippen molar-refractivity contribution >= 4 is 33.6 Å². The molecule has 0 amide bonds. The summed E-state index contributed by atoms with van der Waals surface area (Å²) >= 11 is 3.10. The molecule has 0 saturated carbocycles. The lowest BCUT2D eigenvalue weighted by Gasteiger charge is -2.07. The lowest BCUT2D eigenvalue weighted by Crippen LogP contribution is -2.00. The molecule has 0 saturated heterocycles. The third-order valence-electron chi connectivity index (χ3n) is 3.94. The summed E-state index contributed by atoms with van der Waals surface area (Å²) < 4.78 is 17.7. The van der Waals surface area contributed by atoms with E-state index in [9.17, 15) is 14.9 Å². The van der Waals surface area contributed by atoms with Gasteiger partial charge in [-0.25, -0.2) is 0 Å². The summed E-state index contributed by atoms with van der Waals surface area (Å²) in [5.41, 5.74) is 0.364. The molecular weight excluding hydrogens is 446 g/mol. The number of hydrogen-bond donors (Lipinski definition) is 0. The first-order valence-corrected chi connectivity index (χ1v) is 9.11. The van der Waals surface area contributed by atoms with E-state index >= 15 is 0 Å². The third-order valence-corrected chi connectivity index (χ3v) is 4.50. The zero-order valence-electron chi connectivity index (χ0n) is 15.5. The van der Waals surface area contributed by atoms with Gasteiger partial charge in [0.2, 0.25) is 0 Å². The van der Waals surface area contributed by atoms with Gasteiger partial charge in [0.05, 0.1) is 31.1 Å². The molecule has 0 aliphatic heterocycles. The largest absolute Gasteiger partial charge is 0.497 e. The Bertz CT molecular complexity index is 1090. The lowest BCUT2D eigenvalue weighted by molar-refractivity contribution is -0.390. The maximum Gasteiger partial charge on any atom is 0.404 e. The van der Waals surface area contributed by atoms with E-state index in [2.05, 4.69) is 21.0 Å². The Hall–Kier alpha value is -3.40. The van der Waals surface area contributed by atoms with Gasteiger partial charge in [0.15, 0.2) is 5.78 Å². The molecular formula is C19H16BrN3O6. The van der Waals surface area contributed by atoms with Crippen molar-refractivity contribution in [1.82, 2.24) is 9.78 Å². The van der Waals surface area contributed by atoms with E-state index in [0.717, 1.165) is 0 Å². The highest BCUT2D eigenvalue weighted by Gasteiger charge is 2.19. The second kappa shape index (κ2) is 8.74. The third kappa shape index (κ3) is 4.72. The van der Waals surface area contributed by atoms with Crippen LogP contribution in [0.25, 0.3) is 6.08 Å². The van der Waals surface area contributed by atoms with Gasteiger partial charge in [-0.1, -0.05) is 0 Å². The predicted molar refractivity (Wildman–Crippen MR) is 107 cm³/mol. The van der Waals surface area contributed by atoms with Crippen LogP contribution in [0.4, 0.5) is 5.82 Å². The number of allylic oxidation sites excluding steroid dienone is 1. The molecule has 1 aromatic carbocycles. The number of furan rings is 1. The zero-order valence-corrected chi connectivity index (χ0v) is 17.1. The number of aromatic nitrogens is 2. The van der Waals surface area contributed by atoms with Crippen LogP contribution in [-0.4, -0.2) is 34.7 Å². The Labute approximate surface area is 173 Å². The normalized spacial score (nSPS) is 11.0. The molecule has 0 aliphatic carbocycles. The average molecular weight is 462 g/mol. The number of ether oxygens (including phenoxy) is 2. The minimum Gasteiger partial charge on any atom is -0.497 e. The summed E-state index contributed by atoms with van der Waals surface area (Å²) in [7, 11) is 3.00. The van der Waals surface area contributed by atoms with E-state index in [1.54, 1.807) is 30.3 Å². The van der Waals surface area contributed by atoms with Crippen LogP contribution in [0.2, 0.25) is 0 Å². The van der Waals surface area contributed by atoms with Crippen LogP contribution in [0.3, 0.4) is 0 Å². The van der Waals surface area contributed by atoms with Crippen LogP contribution in [0.1, 0.15) is 21.9 Å². The van der Waals surface area contributed by atoms with Crippen LogP contribution < -0.4 is 9.47 Å². The van der Waals surface area contributed by atoms with Gasteiger partial charge in [-0.15, -0.1) is 0 Å². The Morgan fingerprint density at radius 2 is 2.10 bits per heavy atom. The monoisotopic (exact) mass is 461 g/mol. The van der Waals surface area contributed by atoms with Crippen LogP contribution in [-0.2, 0) is 6.54 Å². The molecule has 0 bridgehead atoms. The maximum atomic E-state index is 12.5. The van der Waals surface area contributed by atoms with E-state index in [1.807, 2.05) is 0 Å². The van der Waals surface area contributed by atoms with Crippen molar-refractivity contribution < 1.29 is 23.6 Å². The van der Waals surface area contributed by atoms with Gasteiger partial charge in [0, 0.05) is 0 Å². The van der Waals surface area contributed by atoms with Gasteiger partial charge < -0.3 is 24.0 Å². The van der Waals surface area contributed by atoms with Crippen molar-refractivity contribution in [1.29, 1.82) is 0 Å². The van der Waals surface area contributed by atoms with Crippen molar-refractivity contribution in [3.63, 3.8) is 0 Å². The molecule has 3 aromatic rings. The molecule has 2 aromatic heterocycles. The van der Waals surface area contributed by atoms with E-state index in [-0.39, 0.29) is 22.6 Å². The van der Waals surface area contributed by atoms with E-state index in [1.165, 1.54) is 37.3 Å². The minimum absolute atomic E-state index is 0.206. The number of hydrogen-bond acceptors (Lipinski definition) is 7. The second-order valence-corrected chi connectivity index (χ2v) is 6.68. The topological polar surface area (TPSA) is 110 Å². The molecule has 10 heteroatoms. The fourth-order valence-electron chi connectivity index (χ4n) is 2.57. The molecule has 2 heterocycles. The number of benzene rings is 1. The van der Waals surface area contributed by atoms with Gasteiger partial charge in [0.1, 0.15) is 34.0 Å². The van der Waals surface area contributed by atoms with Crippen molar-refractivity contribution in [3.8, 4) is 11.5 Å². The number of carbonyl (C=O) groups is 1. The van der Waals surface area contributed by atoms with Crippen LogP contribution in [0, 0.1) is 10.1 Å². The highest BCUT2D eigenvalue weighted by Crippen LogP contribution is 2.25. The van der Waals surface area contributed by atoms with Gasteiger partial charge >= 0.3 is 5.82 Å². The van der Waals surface area contributed by atoms with E-state index < -0.39 is 4.92 Å². The summed E-state index contributed by atoms with van der Waals surface area (Å²) in [5.74, 6) is 1.42. The molecule has 0 aliphatic rings. The smallest absolute Gasteiger partial charge is 0.404 e. The van der Waals surface area contributed by atoms with E-state index in [0.29, 0.717) is 28.6 Å². The second-order valence-electron chi connectivity index (χ2n) is 5.82. The van der Waals surface area contributed by atoms with Gasteiger partial charge in [-0.05, 0) is 63.3 Å². The Morgan fingerprint density at radius 1 is 1.31 bits per heavy atom. The van der Waals surface area contributed by atoms with Crippen molar-refractivity contribution in [2.75, 3.05) is 14.2 Å². The van der Waals surface area contributed by atoms with Crippen molar-refractivity contribution in [3.05, 3.63) is 74.3 Å². The Morgan fingerprint density at radius 3 is 2.76 bits per heavy atom. The molecule has 150 valence electrons. The summed E-state index contributed by atoms with van der Waals surface area (Å²) in [6, 6.07) is 8.36. The molecule has 0 radical (unpaired) electrons. The summed E-state index contributed by atoms with van der Waals surface area (Å²) in [4.78, 5) is 22.8. The summed E-state index contributed by atoms with van der Waals surface area (Å²) in [6.07, 6.45) is 4.40. The average Bonchev–Trinajstić information content (AvgIpc) is 3.31. The minimum atomic E-state index is -0.574. The highest BCUT2D eigenvalue weighted by molar-refractivity contribution is 9.10.